The fraction of sp³-hybridized carbons (Fsp3) is 0.846. The molecule has 0 aromatic carbocycles. The van der Waals surface area contributed by atoms with Gasteiger partial charge in [-0.1, -0.05) is 33.8 Å². The average molecular weight is 212 g/mol. The monoisotopic (exact) mass is 212 g/mol. The summed E-state index contributed by atoms with van der Waals surface area (Å²) in [7, 11) is 0. The lowest BCUT2D eigenvalue weighted by molar-refractivity contribution is 0.237. The van der Waals surface area contributed by atoms with Crippen LogP contribution < -0.4 is 11.1 Å². The molecule has 0 fully saturated rings. The Labute approximate surface area is 95.3 Å². The molecule has 0 aliphatic heterocycles. The summed E-state index contributed by atoms with van der Waals surface area (Å²) in [5, 5.41) is 3.55. The first-order chi connectivity index (χ1) is 6.95. The van der Waals surface area contributed by atoms with Crippen molar-refractivity contribution >= 4 is 0 Å². The second-order valence-electron chi connectivity index (χ2n) is 5.35. The van der Waals surface area contributed by atoms with Crippen LogP contribution in [0.15, 0.2) is 12.7 Å². The average Bonchev–Trinajstić information content (AvgIpc) is 2.12. The van der Waals surface area contributed by atoms with Gasteiger partial charge in [-0.3, -0.25) is 0 Å². The molecule has 0 saturated carbocycles. The molecule has 0 atom stereocenters. The lowest BCUT2D eigenvalue weighted by Crippen LogP contribution is -2.53. The van der Waals surface area contributed by atoms with E-state index in [0.717, 1.165) is 19.4 Å². The van der Waals surface area contributed by atoms with Crippen LogP contribution in [0.4, 0.5) is 0 Å². The summed E-state index contributed by atoms with van der Waals surface area (Å²) in [6.45, 7) is 14.3. The van der Waals surface area contributed by atoms with Gasteiger partial charge >= 0.3 is 0 Å². The highest BCUT2D eigenvalue weighted by molar-refractivity contribution is 4.92. The first kappa shape index (κ1) is 14.7. The molecule has 15 heavy (non-hydrogen) atoms. The summed E-state index contributed by atoms with van der Waals surface area (Å²) >= 11 is 0. The van der Waals surface area contributed by atoms with Crippen LogP contribution >= 0.6 is 0 Å². The van der Waals surface area contributed by atoms with Crippen LogP contribution in [0.2, 0.25) is 0 Å². The van der Waals surface area contributed by atoms with E-state index in [1.165, 1.54) is 0 Å². The molecule has 0 saturated heterocycles. The van der Waals surface area contributed by atoms with Crippen molar-refractivity contribution in [3.05, 3.63) is 12.7 Å². The molecule has 0 spiro atoms. The summed E-state index contributed by atoms with van der Waals surface area (Å²) in [6, 6.07) is 0. The SMILES string of the molecule is C=CCNC(CN)(CC(C)C)CC(C)C. The van der Waals surface area contributed by atoms with Crippen molar-refractivity contribution in [3.8, 4) is 0 Å². The zero-order valence-corrected chi connectivity index (χ0v) is 10.8. The molecule has 0 heterocycles. The van der Waals surface area contributed by atoms with Crippen molar-refractivity contribution in [1.29, 1.82) is 0 Å². The zero-order chi connectivity index (χ0) is 11.9. The Kier molecular flexibility index (Phi) is 6.86. The third-order valence-corrected chi connectivity index (χ3v) is 2.61. The van der Waals surface area contributed by atoms with Crippen molar-refractivity contribution in [2.45, 2.75) is 46.1 Å². The van der Waals surface area contributed by atoms with Gasteiger partial charge in [-0.15, -0.1) is 6.58 Å². The largest absolute Gasteiger partial charge is 0.329 e. The Morgan fingerprint density at radius 2 is 1.67 bits per heavy atom. The van der Waals surface area contributed by atoms with Crippen molar-refractivity contribution in [1.82, 2.24) is 5.32 Å². The molecule has 2 heteroatoms. The van der Waals surface area contributed by atoms with Crippen LogP contribution in [-0.2, 0) is 0 Å². The van der Waals surface area contributed by atoms with Gasteiger partial charge in [0.1, 0.15) is 0 Å². The van der Waals surface area contributed by atoms with Crippen LogP contribution in [0.5, 0.6) is 0 Å². The molecule has 0 unspecified atom stereocenters. The Balaban J connectivity index is 4.50. The van der Waals surface area contributed by atoms with Crippen LogP contribution in [0, 0.1) is 11.8 Å². The molecule has 0 amide bonds. The van der Waals surface area contributed by atoms with Crippen molar-refractivity contribution in [2.24, 2.45) is 17.6 Å². The minimum Gasteiger partial charge on any atom is -0.329 e. The second-order valence-corrected chi connectivity index (χ2v) is 5.35. The van der Waals surface area contributed by atoms with Crippen molar-refractivity contribution < 1.29 is 0 Å². The fourth-order valence-corrected chi connectivity index (χ4v) is 2.32. The van der Waals surface area contributed by atoms with Crippen LogP contribution in [0.3, 0.4) is 0 Å². The Bertz CT molecular complexity index is 163. The van der Waals surface area contributed by atoms with E-state index in [2.05, 4.69) is 39.6 Å². The van der Waals surface area contributed by atoms with Crippen LogP contribution in [-0.4, -0.2) is 18.6 Å². The predicted octanol–water partition coefficient (Wildman–Crippen LogP) is 2.55. The van der Waals surface area contributed by atoms with E-state index in [1.54, 1.807) is 0 Å². The van der Waals surface area contributed by atoms with Gasteiger partial charge in [0.25, 0.3) is 0 Å². The zero-order valence-electron chi connectivity index (χ0n) is 10.8. The van der Waals surface area contributed by atoms with Crippen LogP contribution in [0.1, 0.15) is 40.5 Å². The maximum absolute atomic E-state index is 5.95. The lowest BCUT2D eigenvalue weighted by atomic mass is 9.82. The molecule has 90 valence electrons. The molecule has 2 nitrogen and oxygen atoms in total. The lowest BCUT2D eigenvalue weighted by Gasteiger charge is -2.36. The Morgan fingerprint density at radius 3 is 1.93 bits per heavy atom. The molecule has 0 aliphatic rings. The highest BCUT2D eigenvalue weighted by atomic mass is 15.0. The standard InChI is InChI=1S/C13H28N2/c1-6-7-15-13(10-14,8-11(2)3)9-12(4)5/h6,11-12,15H,1,7-10,14H2,2-5H3. The minimum atomic E-state index is 0.0938. The van der Waals surface area contributed by atoms with Gasteiger partial charge in [0, 0.05) is 18.6 Å². The fourth-order valence-electron chi connectivity index (χ4n) is 2.32. The third kappa shape index (κ3) is 5.95. The normalized spacial score (nSPS) is 12.5. The first-order valence-corrected chi connectivity index (χ1v) is 6.01. The van der Waals surface area contributed by atoms with Gasteiger partial charge < -0.3 is 11.1 Å². The van der Waals surface area contributed by atoms with Gasteiger partial charge in [-0.25, -0.2) is 0 Å². The van der Waals surface area contributed by atoms with E-state index >= 15 is 0 Å². The molecule has 3 N–H and O–H groups in total. The molecule has 0 radical (unpaired) electrons. The van der Waals surface area contributed by atoms with E-state index in [0.29, 0.717) is 18.4 Å². The second kappa shape index (κ2) is 7.02. The summed E-state index contributed by atoms with van der Waals surface area (Å²) in [5.74, 6) is 1.34. The smallest absolute Gasteiger partial charge is 0.0311 e. The molecule has 0 aromatic rings. The predicted molar refractivity (Wildman–Crippen MR) is 68.9 cm³/mol. The highest BCUT2D eigenvalue weighted by Gasteiger charge is 2.29. The molecular formula is C13H28N2. The number of nitrogens with one attached hydrogen (secondary N) is 1. The molecular weight excluding hydrogens is 184 g/mol. The summed E-state index contributed by atoms with van der Waals surface area (Å²) in [4.78, 5) is 0. The summed E-state index contributed by atoms with van der Waals surface area (Å²) in [6.07, 6.45) is 4.18. The topological polar surface area (TPSA) is 38.0 Å². The van der Waals surface area contributed by atoms with Gasteiger partial charge in [0.2, 0.25) is 0 Å². The van der Waals surface area contributed by atoms with Gasteiger partial charge in [0.05, 0.1) is 0 Å². The first-order valence-electron chi connectivity index (χ1n) is 6.01. The van der Waals surface area contributed by atoms with E-state index in [9.17, 15) is 0 Å². The number of rotatable bonds is 8. The van der Waals surface area contributed by atoms with E-state index in [1.807, 2.05) is 6.08 Å². The quantitative estimate of drug-likeness (QED) is 0.607. The number of hydrogen-bond acceptors (Lipinski definition) is 2. The molecule has 0 aliphatic carbocycles. The van der Waals surface area contributed by atoms with Gasteiger partial charge in [-0.2, -0.15) is 0 Å². The maximum atomic E-state index is 5.95. The van der Waals surface area contributed by atoms with Crippen molar-refractivity contribution in [2.75, 3.05) is 13.1 Å². The summed E-state index contributed by atoms with van der Waals surface area (Å²) < 4.78 is 0. The van der Waals surface area contributed by atoms with Gasteiger partial charge in [-0.05, 0) is 24.7 Å². The van der Waals surface area contributed by atoms with E-state index in [-0.39, 0.29) is 5.54 Å². The van der Waals surface area contributed by atoms with E-state index < -0.39 is 0 Å². The summed E-state index contributed by atoms with van der Waals surface area (Å²) in [5.41, 5.74) is 6.04. The Hall–Kier alpha value is -0.340. The highest BCUT2D eigenvalue weighted by Crippen LogP contribution is 2.23. The molecule has 0 aromatic heterocycles. The van der Waals surface area contributed by atoms with Crippen LogP contribution in [0.25, 0.3) is 0 Å². The minimum absolute atomic E-state index is 0.0938. The molecule has 0 bridgehead atoms. The van der Waals surface area contributed by atoms with E-state index in [4.69, 9.17) is 5.73 Å². The van der Waals surface area contributed by atoms with Crippen molar-refractivity contribution in [3.63, 3.8) is 0 Å². The third-order valence-electron chi connectivity index (χ3n) is 2.61. The molecule has 0 rings (SSSR count). The number of nitrogens with two attached hydrogens (primary N) is 1. The maximum Gasteiger partial charge on any atom is 0.0311 e. The Morgan fingerprint density at radius 1 is 1.20 bits per heavy atom. The number of hydrogen-bond donors (Lipinski definition) is 2. The van der Waals surface area contributed by atoms with Gasteiger partial charge in [0.15, 0.2) is 0 Å².